The predicted octanol–water partition coefficient (Wildman–Crippen LogP) is 4.82. The molecule has 0 spiro atoms. The molecule has 0 radical (unpaired) electrons. The molecule has 0 aromatic heterocycles. The van der Waals surface area contributed by atoms with Gasteiger partial charge in [0.1, 0.15) is 0 Å². The number of benzene rings is 2. The number of nitrogens with one attached hydrogen (secondary N) is 3. The van der Waals surface area contributed by atoms with Crippen molar-refractivity contribution < 1.29 is 4.79 Å². The molecule has 5 nitrogen and oxygen atoms in total. The molecule has 0 heterocycles. The third kappa shape index (κ3) is 8.37. The van der Waals surface area contributed by atoms with Crippen molar-refractivity contribution in [3.05, 3.63) is 65.7 Å². The molecule has 1 fully saturated rings. The summed E-state index contributed by atoms with van der Waals surface area (Å²) in [6.07, 6.45) is 2.42. The van der Waals surface area contributed by atoms with Crippen LogP contribution in [-0.2, 0) is 6.54 Å². The van der Waals surface area contributed by atoms with Gasteiger partial charge in [-0.3, -0.25) is 9.79 Å². The van der Waals surface area contributed by atoms with E-state index in [9.17, 15) is 4.79 Å². The summed E-state index contributed by atoms with van der Waals surface area (Å²) in [6.45, 7) is 7.42. The largest absolute Gasteiger partial charge is 0.355 e. The van der Waals surface area contributed by atoms with Crippen molar-refractivity contribution >= 4 is 47.6 Å². The summed E-state index contributed by atoms with van der Waals surface area (Å²) in [4.78, 5) is 18.1. The fourth-order valence-electron chi connectivity index (χ4n) is 3.08. The second-order valence-electron chi connectivity index (χ2n) is 8.78. The van der Waals surface area contributed by atoms with Crippen LogP contribution in [0.1, 0.15) is 49.5 Å². The second-order valence-corrected chi connectivity index (χ2v) is 10.3. The van der Waals surface area contributed by atoms with Crippen molar-refractivity contribution in [3.63, 3.8) is 0 Å². The molecule has 1 aliphatic rings. The highest BCUT2D eigenvalue weighted by atomic mass is 127. The molecule has 0 bridgehead atoms. The third-order valence-corrected chi connectivity index (χ3v) is 6.32. The highest BCUT2D eigenvalue weighted by molar-refractivity contribution is 14.0. The Balaban J connectivity index is 0.00000341. The molecule has 3 rings (SSSR count). The summed E-state index contributed by atoms with van der Waals surface area (Å²) >= 11 is 1.94. The Labute approximate surface area is 207 Å². The van der Waals surface area contributed by atoms with E-state index in [1.54, 1.807) is 7.05 Å². The van der Waals surface area contributed by atoms with E-state index >= 15 is 0 Å². The van der Waals surface area contributed by atoms with Crippen LogP contribution in [0.3, 0.4) is 0 Å². The number of amides is 1. The smallest absolute Gasteiger partial charge is 0.251 e. The SMILES string of the molecule is CN=C(NCc1cccc(C(=O)NC(C)(C)C)c1)NCC1(Sc2ccccc2)CC1.I. The minimum Gasteiger partial charge on any atom is -0.355 e. The fourth-order valence-corrected chi connectivity index (χ4v) is 4.32. The first-order valence-electron chi connectivity index (χ1n) is 10.4. The van der Waals surface area contributed by atoms with Gasteiger partial charge in [-0.25, -0.2) is 0 Å². The number of guanidine groups is 1. The van der Waals surface area contributed by atoms with Gasteiger partial charge >= 0.3 is 0 Å². The molecule has 31 heavy (non-hydrogen) atoms. The standard InChI is InChI=1S/C24H32N4OS.HI/c1-23(2,3)28-21(29)19-10-8-9-18(15-19)16-26-22(25-4)27-17-24(13-14-24)30-20-11-6-5-7-12-20;/h5-12,15H,13-14,16-17H2,1-4H3,(H,28,29)(H2,25,26,27);1H. The molecule has 2 aromatic carbocycles. The minimum absolute atomic E-state index is 0. The molecular formula is C24H33IN4OS. The Morgan fingerprint density at radius 2 is 1.77 bits per heavy atom. The lowest BCUT2D eigenvalue weighted by molar-refractivity contribution is 0.0919. The molecule has 168 valence electrons. The van der Waals surface area contributed by atoms with E-state index in [1.165, 1.54) is 17.7 Å². The summed E-state index contributed by atoms with van der Waals surface area (Å²) in [7, 11) is 1.78. The number of thioether (sulfide) groups is 1. The molecule has 0 unspecified atom stereocenters. The molecule has 3 N–H and O–H groups in total. The number of halogens is 1. The quantitative estimate of drug-likeness (QED) is 0.262. The summed E-state index contributed by atoms with van der Waals surface area (Å²) < 4.78 is 0.254. The normalized spacial score (nSPS) is 14.9. The lowest BCUT2D eigenvalue weighted by Crippen LogP contribution is -2.41. The van der Waals surface area contributed by atoms with E-state index in [4.69, 9.17) is 0 Å². The van der Waals surface area contributed by atoms with Gasteiger partial charge in [0.05, 0.1) is 0 Å². The van der Waals surface area contributed by atoms with Crippen LogP contribution < -0.4 is 16.0 Å². The zero-order chi connectivity index (χ0) is 21.6. The molecule has 1 amide bonds. The van der Waals surface area contributed by atoms with Crippen LogP contribution in [0.5, 0.6) is 0 Å². The summed E-state index contributed by atoms with van der Waals surface area (Å²) in [6, 6.07) is 18.3. The highest BCUT2D eigenvalue weighted by Crippen LogP contribution is 2.51. The maximum Gasteiger partial charge on any atom is 0.251 e. The van der Waals surface area contributed by atoms with Crippen molar-refractivity contribution in [1.29, 1.82) is 0 Å². The van der Waals surface area contributed by atoms with E-state index in [2.05, 4.69) is 51.3 Å². The van der Waals surface area contributed by atoms with E-state index < -0.39 is 0 Å². The molecule has 1 aliphatic carbocycles. The molecule has 2 aromatic rings. The van der Waals surface area contributed by atoms with Crippen LogP contribution in [-0.4, -0.2) is 35.7 Å². The lowest BCUT2D eigenvalue weighted by Gasteiger charge is -2.21. The number of nitrogens with zero attached hydrogens (tertiary/aromatic N) is 1. The first-order chi connectivity index (χ1) is 14.3. The maximum atomic E-state index is 12.4. The van der Waals surface area contributed by atoms with Gasteiger partial charge in [-0.05, 0) is 63.4 Å². The van der Waals surface area contributed by atoms with Crippen molar-refractivity contribution in [2.45, 2.75) is 55.3 Å². The average Bonchev–Trinajstić information content (AvgIpc) is 3.47. The van der Waals surface area contributed by atoms with Gasteiger partial charge in [-0.15, -0.1) is 35.7 Å². The van der Waals surface area contributed by atoms with Crippen molar-refractivity contribution in [2.75, 3.05) is 13.6 Å². The average molecular weight is 553 g/mol. The van der Waals surface area contributed by atoms with Gasteiger partial charge in [0.2, 0.25) is 0 Å². The lowest BCUT2D eigenvalue weighted by atomic mass is 10.1. The Bertz CT molecular complexity index is 892. The fraction of sp³-hybridized carbons (Fsp3) is 0.417. The Morgan fingerprint density at radius 1 is 1.06 bits per heavy atom. The highest BCUT2D eigenvalue weighted by Gasteiger charge is 2.43. The molecule has 0 saturated heterocycles. The zero-order valence-electron chi connectivity index (χ0n) is 18.7. The van der Waals surface area contributed by atoms with E-state index in [1.807, 2.05) is 56.8 Å². The monoisotopic (exact) mass is 552 g/mol. The maximum absolute atomic E-state index is 12.4. The minimum atomic E-state index is -0.256. The van der Waals surface area contributed by atoms with E-state index in [-0.39, 0.29) is 40.2 Å². The second kappa shape index (κ2) is 11.2. The number of carbonyl (C=O) groups excluding carboxylic acids is 1. The van der Waals surface area contributed by atoms with Gasteiger partial charge in [-0.2, -0.15) is 0 Å². The van der Waals surface area contributed by atoms with E-state index in [0.29, 0.717) is 12.1 Å². The van der Waals surface area contributed by atoms with Crippen molar-refractivity contribution in [3.8, 4) is 0 Å². The van der Waals surface area contributed by atoms with Gasteiger partial charge in [0.15, 0.2) is 5.96 Å². The number of hydrogen-bond acceptors (Lipinski definition) is 3. The van der Waals surface area contributed by atoms with Crippen molar-refractivity contribution in [1.82, 2.24) is 16.0 Å². The first-order valence-corrected chi connectivity index (χ1v) is 11.2. The van der Waals surface area contributed by atoms with Crippen LogP contribution in [0.15, 0.2) is 64.5 Å². The number of aliphatic imine (C=N–C) groups is 1. The molecule has 1 saturated carbocycles. The van der Waals surface area contributed by atoms with Gasteiger partial charge in [-0.1, -0.05) is 30.3 Å². The van der Waals surface area contributed by atoms with Crippen LogP contribution in [0, 0.1) is 0 Å². The summed E-state index contributed by atoms with van der Waals surface area (Å²) in [5.41, 5.74) is 1.45. The molecule has 0 atom stereocenters. The third-order valence-electron chi connectivity index (χ3n) is 4.82. The number of hydrogen-bond donors (Lipinski definition) is 3. The molecular weight excluding hydrogens is 519 g/mol. The predicted molar refractivity (Wildman–Crippen MR) is 142 cm³/mol. The van der Waals surface area contributed by atoms with Crippen LogP contribution >= 0.6 is 35.7 Å². The Kier molecular flexibility index (Phi) is 9.24. The molecule has 7 heteroatoms. The Morgan fingerprint density at radius 3 is 2.39 bits per heavy atom. The summed E-state index contributed by atoms with van der Waals surface area (Å²) in [5.74, 6) is 0.722. The first kappa shape index (κ1) is 25.5. The van der Waals surface area contributed by atoms with Crippen LogP contribution in [0.2, 0.25) is 0 Å². The number of rotatable bonds is 7. The summed E-state index contributed by atoms with van der Waals surface area (Å²) in [5, 5.41) is 9.84. The van der Waals surface area contributed by atoms with Crippen LogP contribution in [0.4, 0.5) is 0 Å². The number of carbonyl (C=O) groups is 1. The zero-order valence-corrected chi connectivity index (χ0v) is 21.8. The van der Waals surface area contributed by atoms with E-state index in [0.717, 1.165) is 18.1 Å². The van der Waals surface area contributed by atoms with Crippen molar-refractivity contribution in [2.24, 2.45) is 4.99 Å². The Hall–Kier alpha value is -1.74. The molecule has 0 aliphatic heterocycles. The van der Waals surface area contributed by atoms with Gasteiger partial charge < -0.3 is 16.0 Å². The van der Waals surface area contributed by atoms with Gasteiger partial charge in [0.25, 0.3) is 5.91 Å². The van der Waals surface area contributed by atoms with Crippen LogP contribution in [0.25, 0.3) is 0 Å². The van der Waals surface area contributed by atoms with Gasteiger partial charge in [0, 0.05) is 40.9 Å². The topological polar surface area (TPSA) is 65.5 Å².